The highest BCUT2D eigenvalue weighted by Crippen LogP contribution is 2.33. The molecule has 0 bridgehead atoms. The predicted molar refractivity (Wildman–Crippen MR) is 132 cm³/mol. The van der Waals surface area contributed by atoms with Gasteiger partial charge in [-0.3, -0.25) is 9.67 Å². The predicted octanol–water partition coefficient (Wildman–Crippen LogP) is 5.85. The first-order valence-electron chi connectivity index (χ1n) is 11.1. The van der Waals surface area contributed by atoms with Gasteiger partial charge in [0, 0.05) is 43.2 Å². The van der Waals surface area contributed by atoms with Crippen molar-refractivity contribution in [1.29, 1.82) is 0 Å². The van der Waals surface area contributed by atoms with Crippen LogP contribution in [0.5, 0.6) is 11.5 Å². The van der Waals surface area contributed by atoms with Crippen molar-refractivity contribution >= 4 is 26.7 Å². The smallest absolute Gasteiger partial charge is 0.184 e. The van der Waals surface area contributed by atoms with E-state index in [4.69, 9.17) is 9.72 Å². The normalized spacial score (nSPS) is 15.4. The van der Waals surface area contributed by atoms with E-state index in [-0.39, 0.29) is 0 Å². The summed E-state index contributed by atoms with van der Waals surface area (Å²) in [5.41, 5.74) is 5.70. The number of hydrogen-bond acceptors (Lipinski definition) is 6. The molecule has 164 valence electrons. The van der Waals surface area contributed by atoms with Crippen LogP contribution in [0.3, 0.4) is 0 Å². The number of nitrogens with zero attached hydrogens (tertiary/aromatic N) is 4. The molecule has 0 aliphatic heterocycles. The molecular formula is C26H23N5OS. The number of rotatable bonds is 5. The first-order chi connectivity index (χ1) is 16.2. The number of ether oxygens (including phenoxy) is 1. The highest BCUT2D eigenvalue weighted by molar-refractivity contribution is 7.22. The van der Waals surface area contributed by atoms with Crippen molar-refractivity contribution < 1.29 is 4.74 Å². The second kappa shape index (κ2) is 8.33. The quantitative estimate of drug-likeness (QED) is 0.361. The van der Waals surface area contributed by atoms with E-state index < -0.39 is 0 Å². The third-order valence-corrected chi connectivity index (χ3v) is 6.95. The van der Waals surface area contributed by atoms with Gasteiger partial charge in [0.25, 0.3) is 0 Å². The molecule has 33 heavy (non-hydrogen) atoms. The molecule has 0 fully saturated rings. The van der Waals surface area contributed by atoms with E-state index in [2.05, 4.69) is 45.7 Å². The molecule has 6 nitrogen and oxygen atoms in total. The van der Waals surface area contributed by atoms with Gasteiger partial charge in [0.05, 0.1) is 22.1 Å². The van der Waals surface area contributed by atoms with Gasteiger partial charge in [-0.15, -0.1) is 0 Å². The third-order valence-electron chi connectivity index (χ3n) is 6.00. The average molecular weight is 454 g/mol. The lowest BCUT2D eigenvalue weighted by molar-refractivity contribution is 0.483. The molecule has 1 N–H and O–H groups in total. The SMILES string of the molecule is Cn1cc(-c2cc(Oc3ccc4nc(N[C@H]5CCc6ccccc6C5)sc4c3)ccn2)cn1. The van der Waals surface area contributed by atoms with Crippen molar-refractivity contribution in [2.75, 3.05) is 5.32 Å². The Hall–Kier alpha value is -3.71. The van der Waals surface area contributed by atoms with Crippen LogP contribution in [0.1, 0.15) is 17.5 Å². The van der Waals surface area contributed by atoms with Gasteiger partial charge in [-0.1, -0.05) is 35.6 Å². The molecule has 6 rings (SSSR count). The summed E-state index contributed by atoms with van der Waals surface area (Å²) in [4.78, 5) is 9.24. The number of aryl methyl sites for hydroxylation is 2. The highest BCUT2D eigenvalue weighted by Gasteiger charge is 2.19. The summed E-state index contributed by atoms with van der Waals surface area (Å²) < 4.78 is 9.01. The molecule has 7 heteroatoms. The number of aromatic nitrogens is 4. The molecule has 0 amide bonds. The van der Waals surface area contributed by atoms with Gasteiger partial charge >= 0.3 is 0 Å². The van der Waals surface area contributed by atoms with Crippen LogP contribution in [0, 0.1) is 0 Å². The van der Waals surface area contributed by atoms with E-state index in [1.807, 2.05) is 37.5 Å². The average Bonchev–Trinajstić information content (AvgIpc) is 3.44. The Labute approximate surface area is 195 Å². The van der Waals surface area contributed by atoms with Gasteiger partial charge in [0.2, 0.25) is 0 Å². The lowest BCUT2D eigenvalue weighted by Gasteiger charge is -2.25. The fourth-order valence-electron chi connectivity index (χ4n) is 4.35. The van der Waals surface area contributed by atoms with Crippen LogP contribution in [0.15, 0.2) is 73.2 Å². The Bertz CT molecular complexity index is 1440. The zero-order valence-corrected chi connectivity index (χ0v) is 19.0. The molecule has 0 saturated heterocycles. The van der Waals surface area contributed by atoms with Crippen molar-refractivity contribution in [1.82, 2.24) is 19.7 Å². The minimum absolute atomic E-state index is 0.416. The lowest BCUT2D eigenvalue weighted by Crippen LogP contribution is -2.27. The van der Waals surface area contributed by atoms with Crippen LogP contribution in [-0.2, 0) is 19.9 Å². The Morgan fingerprint density at radius 2 is 1.94 bits per heavy atom. The molecule has 1 aliphatic rings. The van der Waals surface area contributed by atoms with Crippen LogP contribution in [-0.4, -0.2) is 25.8 Å². The molecule has 0 unspecified atom stereocenters. The fourth-order valence-corrected chi connectivity index (χ4v) is 5.32. The van der Waals surface area contributed by atoms with E-state index in [0.29, 0.717) is 6.04 Å². The number of benzene rings is 2. The van der Waals surface area contributed by atoms with Gasteiger partial charge in [-0.05, 0) is 48.6 Å². The Kier molecular flexibility index (Phi) is 5.03. The molecule has 0 radical (unpaired) electrons. The molecule has 2 aromatic carbocycles. The van der Waals surface area contributed by atoms with E-state index in [0.717, 1.165) is 57.4 Å². The van der Waals surface area contributed by atoms with E-state index in [9.17, 15) is 0 Å². The number of nitrogens with one attached hydrogen (secondary N) is 1. The molecule has 0 saturated carbocycles. The summed E-state index contributed by atoms with van der Waals surface area (Å²) in [5, 5.41) is 8.85. The second-order valence-corrected chi connectivity index (χ2v) is 9.41. The van der Waals surface area contributed by atoms with Crippen molar-refractivity contribution in [2.24, 2.45) is 7.05 Å². The molecule has 0 spiro atoms. The largest absolute Gasteiger partial charge is 0.457 e. The Balaban J connectivity index is 1.18. The zero-order valence-electron chi connectivity index (χ0n) is 18.2. The summed E-state index contributed by atoms with van der Waals surface area (Å²) in [6.07, 6.45) is 8.78. The van der Waals surface area contributed by atoms with Crippen molar-refractivity contribution in [3.05, 3.63) is 84.3 Å². The Morgan fingerprint density at radius 3 is 2.82 bits per heavy atom. The van der Waals surface area contributed by atoms with Crippen molar-refractivity contribution in [3.8, 4) is 22.8 Å². The van der Waals surface area contributed by atoms with Gasteiger partial charge in [0.1, 0.15) is 11.5 Å². The summed E-state index contributed by atoms with van der Waals surface area (Å²) in [6, 6.07) is 19.0. The zero-order chi connectivity index (χ0) is 22.2. The van der Waals surface area contributed by atoms with Crippen LogP contribution >= 0.6 is 11.3 Å². The number of pyridine rings is 1. The van der Waals surface area contributed by atoms with Crippen LogP contribution in [0.4, 0.5) is 5.13 Å². The monoisotopic (exact) mass is 453 g/mol. The maximum Gasteiger partial charge on any atom is 0.184 e. The number of anilines is 1. The topological polar surface area (TPSA) is 64.9 Å². The maximum atomic E-state index is 6.14. The number of fused-ring (bicyclic) bond motifs is 2. The minimum atomic E-state index is 0.416. The third kappa shape index (κ3) is 4.19. The molecule has 5 aromatic rings. The van der Waals surface area contributed by atoms with Gasteiger partial charge in [0.15, 0.2) is 5.13 Å². The first-order valence-corrected chi connectivity index (χ1v) is 11.9. The lowest BCUT2D eigenvalue weighted by atomic mass is 9.88. The maximum absolute atomic E-state index is 6.14. The van der Waals surface area contributed by atoms with Gasteiger partial charge in [-0.25, -0.2) is 4.98 Å². The van der Waals surface area contributed by atoms with Crippen molar-refractivity contribution in [2.45, 2.75) is 25.3 Å². The van der Waals surface area contributed by atoms with Crippen LogP contribution < -0.4 is 10.1 Å². The van der Waals surface area contributed by atoms with E-state index in [1.54, 1.807) is 28.4 Å². The van der Waals surface area contributed by atoms with Crippen LogP contribution in [0.2, 0.25) is 0 Å². The van der Waals surface area contributed by atoms with E-state index in [1.165, 1.54) is 11.1 Å². The molecule has 1 aliphatic carbocycles. The fraction of sp³-hybridized carbons (Fsp3) is 0.192. The summed E-state index contributed by atoms with van der Waals surface area (Å²) in [6.45, 7) is 0. The number of hydrogen-bond donors (Lipinski definition) is 1. The molecular weight excluding hydrogens is 430 g/mol. The summed E-state index contributed by atoms with van der Waals surface area (Å²) >= 11 is 1.67. The minimum Gasteiger partial charge on any atom is -0.457 e. The summed E-state index contributed by atoms with van der Waals surface area (Å²) in [7, 11) is 1.89. The number of thiazole rings is 1. The Morgan fingerprint density at radius 1 is 1.06 bits per heavy atom. The molecule has 3 aromatic heterocycles. The first kappa shape index (κ1) is 19.9. The van der Waals surface area contributed by atoms with Gasteiger partial charge in [-0.2, -0.15) is 5.10 Å². The van der Waals surface area contributed by atoms with E-state index >= 15 is 0 Å². The molecule has 3 heterocycles. The molecule has 1 atom stereocenters. The van der Waals surface area contributed by atoms with Crippen molar-refractivity contribution in [3.63, 3.8) is 0 Å². The van der Waals surface area contributed by atoms with Crippen LogP contribution in [0.25, 0.3) is 21.5 Å². The standard InChI is InChI=1S/C26H23N5OS/c1-31-16-19(15-28-31)24-13-22(10-11-27-24)32-21-8-9-23-25(14-21)33-26(30-23)29-20-7-6-17-4-2-3-5-18(17)12-20/h2-5,8-11,13-16,20H,6-7,12H2,1H3,(H,29,30)/t20-/m0/s1. The van der Waals surface area contributed by atoms with Gasteiger partial charge < -0.3 is 10.1 Å². The second-order valence-electron chi connectivity index (χ2n) is 8.38. The highest BCUT2D eigenvalue weighted by atomic mass is 32.1. The summed E-state index contributed by atoms with van der Waals surface area (Å²) in [5.74, 6) is 1.53.